The van der Waals surface area contributed by atoms with E-state index in [2.05, 4.69) is 20.8 Å². The summed E-state index contributed by atoms with van der Waals surface area (Å²) in [5.41, 5.74) is 0.777. The highest BCUT2D eigenvalue weighted by molar-refractivity contribution is 8.00. The van der Waals surface area contributed by atoms with Crippen molar-refractivity contribution in [3.05, 3.63) is 35.0 Å². The molecule has 3 aromatic rings. The van der Waals surface area contributed by atoms with E-state index in [-0.39, 0.29) is 23.3 Å². The Balaban J connectivity index is 1.45. The number of aromatic nitrogens is 2. The largest absolute Gasteiger partial charge is 0.360 e. The summed E-state index contributed by atoms with van der Waals surface area (Å²) in [6.07, 6.45) is 0. The molecule has 25 heavy (non-hydrogen) atoms. The fourth-order valence-electron chi connectivity index (χ4n) is 1.95. The predicted octanol–water partition coefficient (Wildman–Crippen LogP) is 3.56. The molecule has 1 aromatic carbocycles. The van der Waals surface area contributed by atoms with Gasteiger partial charge in [0.15, 0.2) is 10.9 Å². The summed E-state index contributed by atoms with van der Waals surface area (Å²) < 4.78 is 5.76. The summed E-state index contributed by atoms with van der Waals surface area (Å²) in [6.45, 7) is 1.73. The van der Waals surface area contributed by atoms with Crippen molar-refractivity contribution in [1.29, 1.82) is 0 Å². The molecule has 2 aromatic heterocycles. The van der Waals surface area contributed by atoms with E-state index in [0.29, 0.717) is 21.7 Å². The fraction of sp³-hybridized carbons (Fsp3) is 0.200. The molecule has 2 amide bonds. The SMILES string of the molecule is Cc1cc(NC(=O)CSCC(=O)Nc2nc3ccc(Cl)cc3s2)no1. The number of thioether (sulfide) groups is 1. The first kappa shape index (κ1) is 17.7. The minimum absolute atomic E-state index is 0.134. The quantitative estimate of drug-likeness (QED) is 0.661. The Kier molecular flexibility index (Phi) is 5.57. The van der Waals surface area contributed by atoms with Crippen molar-refractivity contribution in [3.8, 4) is 0 Å². The molecule has 0 aliphatic carbocycles. The van der Waals surface area contributed by atoms with Crippen molar-refractivity contribution in [2.45, 2.75) is 6.92 Å². The second-order valence-electron chi connectivity index (χ2n) is 5.04. The molecule has 0 saturated carbocycles. The zero-order valence-electron chi connectivity index (χ0n) is 13.0. The van der Waals surface area contributed by atoms with E-state index in [4.69, 9.17) is 16.1 Å². The Morgan fingerprint density at radius 3 is 2.72 bits per heavy atom. The Morgan fingerprint density at radius 2 is 2.00 bits per heavy atom. The maximum atomic E-state index is 11.9. The van der Waals surface area contributed by atoms with Crippen LogP contribution in [0.3, 0.4) is 0 Å². The Hall–Kier alpha value is -2.10. The number of fused-ring (bicyclic) bond motifs is 1. The molecule has 3 rings (SSSR count). The number of nitrogens with zero attached hydrogens (tertiary/aromatic N) is 2. The van der Waals surface area contributed by atoms with E-state index in [9.17, 15) is 9.59 Å². The molecule has 0 saturated heterocycles. The summed E-state index contributed by atoms with van der Waals surface area (Å²) in [6, 6.07) is 6.97. The van der Waals surface area contributed by atoms with Crippen LogP contribution in [0, 0.1) is 6.92 Å². The minimum Gasteiger partial charge on any atom is -0.360 e. The van der Waals surface area contributed by atoms with Gasteiger partial charge in [-0.25, -0.2) is 4.98 Å². The van der Waals surface area contributed by atoms with Crippen LogP contribution >= 0.6 is 34.7 Å². The zero-order valence-corrected chi connectivity index (χ0v) is 15.4. The van der Waals surface area contributed by atoms with Crippen LogP contribution in [-0.2, 0) is 9.59 Å². The number of rotatable bonds is 6. The maximum absolute atomic E-state index is 11.9. The van der Waals surface area contributed by atoms with Crippen molar-refractivity contribution >= 4 is 67.7 Å². The fourth-order valence-corrected chi connectivity index (χ4v) is 3.72. The molecule has 0 aliphatic rings. The van der Waals surface area contributed by atoms with E-state index in [1.165, 1.54) is 23.1 Å². The first-order valence-corrected chi connectivity index (χ1v) is 9.51. The Labute approximate surface area is 156 Å². The van der Waals surface area contributed by atoms with Gasteiger partial charge >= 0.3 is 0 Å². The average Bonchev–Trinajstić information content (AvgIpc) is 3.12. The third-order valence-corrected chi connectivity index (χ3v) is 5.06. The number of hydrogen-bond acceptors (Lipinski definition) is 7. The lowest BCUT2D eigenvalue weighted by molar-refractivity contribution is -0.114. The summed E-state index contributed by atoms with van der Waals surface area (Å²) >= 11 is 8.48. The number of carbonyl (C=O) groups is 2. The van der Waals surface area contributed by atoms with Crippen LogP contribution in [0.15, 0.2) is 28.8 Å². The lowest BCUT2D eigenvalue weighted by Crippen LogP contribution is -2.18. The predicted molar refractivity (Wildman–Crippen MR) is 100 cm³/mol. The molecule has 0 bridgehead atoms. The minimum atomic E-state index is -0.249. The lowest BCUT2D eigenvalue weighted by Gasteiger charge is -2.02. The number of carbonyl (C=O) groups excluding carboxylic acids is 2. The Morgan fingerprint density at radius 1 is 1.24 bits per heavy atom. The smallest absolute Gasteiger partial charge is 0.236 e. The van der Waals surface area contributed by atoms with Crippen LogP contribution in [0.2, 0.25) is 5.02 Å². The standard InChI is InChI=1S/C15H13ClN4O3S2/c1-8-4-12(20-23-8)18-13(21)6-24-7-14(22)19-15-17-10-3-2-9(16)5-11(10)25-15/h2-5H,6-7H2,1H3,(H,17,19,22)(H,18,20,21). The van der Waals surface area contributed by atoms with Gasteiger partial charge in [0, 0.05) is 11.1 Å². The van der Waals surface area contributed by atoms with Gasteiger partial charge in [-0.3, -0.25) is 9.59 Å². The number of thiazole rings is 1. The third kappa shape index (κ3) is 4.94. The number of benzene rings is 1. The highest BCUT2D eigenvalue weighted by atomic mass is 35.5. The van der Waals surface area contributed by atoms with Crippen LogP contribution in [-0.4, -0.2) is 33.5 Å². The molecule has 10 heteroatoms. The third-order valence-electron chi connectivity index (χ3n) is 2.96. The van der Waals surface area contributed by atoms with Crippen molar-refractivity contribution in [3.63, 3.8) is 0 Å². The molecule has 0 unspecified atom stereocenters. The maximum Gasteiger partial charge on any atom is 0.236 e. The zero-order chi connectivity index (χ0) is 17.8. The van der Waals surface area contributed by atoms with Crippen LogP contribution in [0.5, 0.6) is 0 Å². The van der Waals surface area contributed by atoms with Crippen LogP contribution in [0.4, 0.5) is 10.9 Å². The highest BCUT2D eigenvalue weighted by Gasteiger charge is 2.11. The molecule has 7 nitrogen and oxygen atoms in total. The van der Waals surface area contributed by atoms with Gasteiger partial charge in [0.05, 0.1) is 21.7 Å². The van der Waals surface area contributed by atoms with Gasteiger partial charge in [-0.05, 0) is 25.1 Å². The second-order valence-corrected chi connectivity index (χ2v) is 7.50. The second kappa shape index (κ2) is 7.85. The summed E-state index contributed by atoms with van der Waals surface area (Å²) in [4.78, 5) is 28.0. The number of nitrogens with one attached hydrogen (secondary N) is 2. The monoisotopic (exact) mass is 396 g/mol. The van der Waals surface area contributed by atoms with E-state index < -0.39 is 0 Å². The van der Waals surface area contributed by atoms with Crippen molar-refractivity contribution in [2.75, 3.05) is 22.1 Å². The van der Waals surface area contributed by atoms with Crippen LogP contribution < -0.4 is 10.6 Å². The van der Waals surface area contributed by atoms with Crippen molar-refractivity contribution in [2.24, 2.45) is 0 Å². The topological polar surface area (TPSA) is 97.1 Å². The number of halogens is 1. The molecule has 2 N–H and O–H groups in total. The summed E-state index contributed by atoms with van der Waals surface area (Å²) in [5.74, 6) is 0.776. The van der Waals surface area contributed by atoms with Crippen molar-refractivity contribution in [1.82, 2.24) is 10.1 Å². The van der Waals surface area contributed by atoms with Gasteiger partial charge < -0.3 is 15.2 Å². The molecular weight excluding hydrogens is 384 g/mol. The van der Waals surface area contributed by atoms with Gasteiger partial charge in [0.2, 0.25) is 11.8 Å². The van der Waals surface area contributed by atoms with Gasteiger partial charge in [-0.1, -0.05) is 28.1 Å². The molecule has 130 valence electrons. The average molecular weight is 397 g/mol. The molecule has 0 atom stereocenters. The molecular formula is C15H13ClN4O3S2. The number of anilines is 2. The number of hydrogen-bond donors (Lipinski definition) is 2. The van der Waals surface area contributed by atoms with Crippen molar-refractivity contribution < 1.29 is 14.1 Å². The molecule has 0 spiro atoms. The molecule has 0 radical (unpaired) electrons. The van der Waals surface area contributed by atoms with Gasteiger partial charge in [0.25, 0.3) is 0 Å². The van der Waals surface area contributed by atoms with E-state index >= 15 is 0 Å². The highest BCUT2D eigenvalue weighted by Crippen LogP contribution is 2.28. The molecule has 2 heterocycles. The molecule has 0 fully saturated rings. The van der Waals surface area contributed by atoms with E-state index in [0.717, 1.165) is 10.2 Å². The summed E-state index contributed by atoms with van der Waals surface area (Å²) in [7, 11) is 0. The van der Waals surface area contributed by atoms with Crippen LogP contribution in [0.25, 0.3) is 10.2 Å². The van der Waals surface area contributed by atoms with E-state index in [1.807, 2.05) is 0 Å². The van der Waals surface area contributed by atoms with E-state index in [1.54, 1.807) is 31.2 Å². The first-order chi connectivity index (χ1) is 12.0. The van der Waals surface area contributed by atoms with Gasteiger partial charge in [0.1, 0.15) is 5.76 Å². The van der Waals surface area contributed by atoms with Gasteiger partial charge in [-0.15, -0.1) is 11.8 Å². The Bertz CT molecular complexity index is 925. The normalized spacial score (nSPS) is 10.8. The number of amides is 2. The van der Waals surface area contributed by atoms with Crippen LogP contribution in [0.1, 0.15) is 5.76 Å². The summed E-state index contributed by atoms with van der Waals surface area (Å²) in [5, 5.41) is 10.1. The van der Waals surface area contributed by atoms with Gasteiger partial charge in [-0.2, -0.15) is 0 Å². The first-order valence-electron chi connectivity index (χ1n) is 7.16. The lowest BCUT2D eigenvalue weighted by atomic mass is 10.3. The number of aryl methyl sites for hydroxylation is 1. The molecule has 0 aliphatic heterocycles.